The number of benzene rings is 1. The predicted octanol–water partition coefficient (Wildman–Crippen LogP) is 3.73. The molecular formula is C24H26N4O3S. The van der Waals surface area contributed by atoms with E-state index in [0.717, 1.165) is 28.3 Å². The number of pyridine rings is 1. The van der Waals surface area contributed by atoms with Gasteiger partial charge in [-0.3, -0.25) is 9.78 Å². The fourth-order valence-corrected chi connectivity index (χ4v) is 4.65. The maximum absolute atomic E-state index is 12.4. The molecule has 2 aromatic heterocycles. The fourth-order valence-electron chi connectivity index (χ4n) is 4.35. The van der Waals surface area contributed by atoms with E-state index in [0.29, 0.717) is 11.7 Å². The lowest BCUT2D eigenvalue weighted by Gasteiger charge is -2.27. The number of nitrogens with zero attached hydrogens (tertiary/aromatic N) is 3. The summed E-state index contributed by atoms with van der Waals surface area (Å²) in [5.74, 6) is -0.103. The van der Waals surface area contributed by atoms with Crippen molar-refractivity contribution in [3.63, 3.8) is 0 Å². The van der Waals surface area contributed by atoms with Crippen molar-refractivity contribution in [1.82, 2.24) is 19.8 Å². The molecule has 2 N–H and O–H groups in total. The summed E-state index contributed by atoms with van der Waals surface area (Å²) in [4.78, 5) is 18.8. The Hall–Kier alpha value is -3.39. The zero-order chi connectivity index (χ0) is 22.8. The van der Waals surface area contributed by atoms with Crippen molar-refractivity contribution < 1.29 is 14.6 Å². The Labute approximate surface area is 192 Å². The highest BCUT2D eigenvalue weighted by Crippen LogP contribution is 2.41. The van der Waals surface area contributed by atoms with Crippen LogP contribution in [0.15, 0.2) is 54.7 Å². The number of hydrogen-bond donors (Lipinski definition) is 2. The molecule has 0 amide bonds. The van der Waals surface area contributed by atoms with Gasteiger partial charge >= 0.3 is 5.97 Å². The number of carbonyl (C=O) groups is 1. The molecule has 0 radical (unpaired) electrons. The summed E-state index contributed by atoms with van der Waals surface area (Å²) >= 11 is 5.63. The number of esters is 1. The lowest BCUT2D eigenvalue weighted by Crippen LogP contribution is -2.35. The van der Waals surface area contributed by atoms with E-state index in [4.69, 9.17) is 17.0 Å². The van der Waals surface area contributed by atoms with Gasteiger partial charge < -0.3 is 24.6 Å². The summed E-state index contributed by atoms with van der Waals surface area (Å²) < 4.78 is 7.34. The van der Waals surface area contributed by atoms with E-state index < -0.39 is 0 Å². The van der Waals surface area contributed by atoms with Gasteiger partial charge in [-0.05, 0) is 81.0 Å². The van der Waals surface area contributed by atoms with Gasteiger partial charge in [0.05, 0.1) is 24.4 Å². The van der Waals surface area contributed by atoms with Crippen molar-refractivity contribution in [2.75, 3.05) is 13.2 Å². The van der Waals surface area contributed by atoms with Gasteiger partial charge in [0.1, 0.15) is 12.3 Å². The van der Waals surface area contributed by atoms with E-state index in [2.05, 4.69) is 27.9 Å². The van der Waals surface area contributed by atoms with Gasteiger partial charge in [-0.25, -0.2) is 0 Å². The maximum Gasteiger partial charge on any atom is 0.325 e. The number of phenolic OH excluding ortho intramolecular Hbond substituents is 1. The standard InChI is InChI=1S/C24H26N4O3S/c1-4-31-21(30)14-27-23(22(26-24(27)32)20-7-5-6-12-25-20)19-13-15(2)28(16(19)3)17-8-10-18(29)11-9-17/h5-13,22-23,29H,4,14H2,1-3H3,(H,26,32)/t22-,23+/m0/s1. The summed E-state index contributed by atoms with van der Waals surface area (Å²) in [5.41, 5.74) is 4.91. The van der Waals surface area contributed by atoms with E-state index in [-0.39, 0.29) is 30.3 Å². The molecule has 7 nitrogen and oxygen atoms in total. The zero-order valence-electron chi connectivity index (χ0n) is 18.3. The second-order valence-corrected chi connectivity index (χ2v) is 8.12. The number of aryl methyl sites for hydroxylation is 1. The van der Waals surface area contributed by atoms with Crippen LogP contribution >= 0.6 is 12.2 Å². The highest BCUT2D eigenvalue weighted by Gasteiger charge is 2.42. The molecule has 3 aromatic rings. The normalized spacial score (nSPS) is 18.0. The minimum absolute atomic E-state index is 0.0521. The minimum Gasteiger partial charge on any atom is -0.508 e. The van der Waals surface area contributed by atoms with Crippen LogP contribution in [0.1, 0.15) is 41.7 Å². The van der Waals surface area contributed by atoms with Gasteiger partial charge in [0.25, 0.3) is 0 Å². The van der Waals surface area contributed by atoms with Crippen LogP contribution in [-0.2, 0) is 9.53 Å². The number of ether oxygens (including phenoxy) is 1. The highest BCUT2D eigenvalue weighted by molar-refractivity contribution is 7.80. The Bertz CT molecular complexity index is 1130. The van der Waals surface area contributed by atoms with E-state index in [9.17, 15) is 9.90 Å². The number of carbonyl (C=O) groups excluding carboxylic acids is 1. The molecule has 0 aliphatic carbocycles. The Balaban J connectivity index is 1.80. The summed E-state index contributed by atoms with van der Waals surface area (Å²) in [5, 5.41) is 13.5. The molecule has 3 heterocycles. The second kappa shape index (κ2) is 9.00. The number of rotatable bonds is 6. The molecule has 166 valence electrons. The second-order valence-electron chi connectivity index (χ2n) is 7.74. The first kappa shape index (κ1) is 21.8. The molecule has 0 spiro atoms. The van der Waals surface area contributed by atoms with Gasteiger partial charge in [0.15, 0.2) is 5.11 Å². The first-order chi connectivity index (χ1) is 15.4. The van der Waals surface area contributed by atoms with Crippen LogP contribution in [0.25, 0.3) is 5.69 Å². The maximum atomic E-state index is 12.4. The van der Waals surface area contributed by atoms with Gasteiger partial charge in [-0.15, -0.1) is 0 Å². The number of thiocarbonyl (C=S) groups is 1. The number of hydrogen-bond acceptors (Lipinski definition) is 5. The van der Waals surface area contributed by atoms with E-state index in [1.165, 1.54) is 0 Å². The third-order valence-corrected chi connectivity index (χ3v) is 6.05. The van der Waals surface area contributed by atoms with E-state index in [1.807, 2.05) is 42.2 Å². The molecule has 32 heavy (non-hydrogen) atoms. The first-order valence-electron chi connectivity index (χ1n) is 10.5. The quantitative estimate of drug-likeness (QED) is 0.438. The van der Waals surface area contributed by atoms with Crippen LogP contribution in [0.4, 0.5) is 0 Å². The molecule has 1 aromatic carbocycles. The molecule has 0 bridgehead atoms. The molecular weight excluding hydrogens is 424 g/mol. The average molecular weight is 451 g/mol. The van der Waals surface area contributed by atoms with Crippen molar-refractivity contribution in [3.8, 4) is 11.4 Å². The third kappa shape index (κ3) is 4.05. The molecule has 1 aliphatic rings. The summed E-state index contributed by atoms with van der Waals surface area (Å²) in [6, 6.07) is 14.5. The highest BCUT2D eigenvalue weighted by atomic mass is 32.1. The Morgan fingerprint density at radius 2 is 1.97 bits per heavy atom. The summed E-state index contributed by atoms with van der Waals surface area (Å²) in [6.07, 6.45) is 1.75. The van der Waals surface area contributed by atoms with Crippen LogP contribution in [0.3, 0.4) is 0 Å². The number of aromatic hydroxyl groups is 1. The fraction of sp³-hybridized carbons (Fsp3) is 0.292. The lowest BCUT2D eigenvalue weighted by atomic mass is 9.97. The van der Waals surface area contributed by atoms with Crippen molar-refractivity contribution in [2.24, 2.45) is 0 Å². The Kier molecular flexibility index (Phi) is 6.14. The Morgan fingerprint density at radius 3 is 2.62 bits per heavy atom. The summed E-state index contributed by atoms with van der Waals surface area (Å²) in [7, 11) is 0. The largest absolute Gasteiger partial charge is 0.508 e. The topological polar surface area (TPSA) is 79.6 Å². The smallest absolute Gasteiger partial charge is 0.325 e. The molecule has 1 aliphatic heterocycles. The molecule has 4 rings (SSSR count). The van der Waals surface area contributed by atoms with Gasteiger partial charge in [-0.1, -0.05) is 6.07 Å². The molecule has 2 atom stereocenters. The summed E-state index contributed by atoms with van der Waals surface area (Å²) in [6.45, 7) is 6.25. The Morgan fingerprint density at radius 1 is 1.22 bits per heavy atom. The molecule has 1 fully saturated rings. The monoisotopic (exact) mass is 450 g/mol. The van der Waals surface area contributed by atoms with Crippen LogP contribution in [0, 0.1) is 13.8 Å². The number of nitrogens with one attached hydrogen (secondary N) is 1. The van der Waals surface area contributed by atoms with Gasteiger partial charge in [0, 0.05) is 23.3 Å². The zero-order valence-corrected chi connectivity index (χ0v) is 19.1. The molecule has 0 unspecified atom stereocenters. The first-order valence-corrected chi connectivity index (χ1v) is 10.9. The number of aromatic nitrogens is 2. The van der Waals surface area contributed by atoms with Crippen molar-refractivity contribution in [1.29, 1.82) is 0 Å². The molecule has 1 saturated heterocycles. The van der Waals surface area contributed by atoms with Crippen molar-refractivity contribution >= 4 is 23.3 Å². The van der Waals surface area contributed by atoms with E-state index >= 15 is 0 Å². The third-order valence-electron chi connectivity index (χ3n) is 5.70. The average Bonchev–Trinajstić information content (AvgIpc) is 3.25. The molecule has 0 saturated carbocycles. The molecule has 8 heteroatoms. The van der Waals surface area contributed by atoms with Crippen LogP contribution < -0.4 is 5.32 Å². The predicted molar refractivity (Wildman–Crippen MR) is 126 cm³/mol. The van der Waals surface area contributed by atoms with Gasteiger partial charge in [0.2, 0.25) is 0 Å². The number of phenols is 1. The van der Waals surface area contributed by atoms with Crippen LogP contribution in [0.2, 0.25) is 0 Å². The lowest BCUT2D eigenvalue weighted by molar-refractivity contribution is -0.143. The van der Waals surface area contributed by atoms with Crippen molar-refractivity contribution in [3.05, 3.63) is 77.4 Å². The minimum atomic E-state index is -0.323. The van der Waals surface area contributed by atoms with E-state index in [1.54, 1.807) is 25.3 Å². The van der Waals surface area contributed by atoms with Gasteiger partial charge in [-0.2, -0.15) is 0 Å². The van der Waals surface area contributed by atoms with Crippen LogP contribution in [0.5, 0.6) is 5.75 Å². The van der Waals surface area contributed by atoms with Crippen LogP contribution in [-0.4, -0.2) is 43.8 Å². The SMILES string of the molecule is CCOC(=O)CN1C(=S)N[C@@H](c2ccccn2)[C@H]1c1cc(C)n(-c2ccc(O)cc2)c1C. The van der Waals surface area contributed by atoms with Crippen molar-refractivity contribution in [2.45, 2.75) is 32.9 Å².